The Morgan fingerprint density at radius 3 is 2.43 bits per heavy atom. The van der Waals surface area contributed by atoms with Crippen molar-refractivity contribution in [1.82, 2.24) is 0 Å². The number of para-hydroxylation sites is 1. The first-order valence-electron chi connectivity index (χ1n) is 6.76. The normalized spacial score (nSPS) is 21.7. The Hall–Kier alpha value is -1.13. The first-order valence-corrected chi connectivity index (χ1v) is 8.79. The van der Waals surface area contributed by atoms with Crippen LogP contribution in [0.5, 0.6) is 5.75 Å². The maximum Gasteiger partial charge on any atom is 0.326 e. The number of benzene rings is 2. The van der Waals surface area contributed by atoms with Gasteiger partial charge in [0.05, 0.1) is 0 Å². The van der Waals surface area contributed by atoms with E-state index < -0.39 is 5.41 Å². The van der Waals surface area contributed by atoms with E-state index >= 15 is 0 Å². The number of carbonyl (C=O) groups is 1. The molecule has 1 aliphatic heterocycles. The summed E-state index contributed by atoms with van der Waals surface area (Å²) in [7, 11) is 0. The van der Waals surface area contributed by atoms with Crippen LogP contribution in [0.15, 0.2) is 54.6 Å². The van der Waals surface area contributed by atoms with E-state index in [0.29, 0.717) is 12.2 Å². The predicted octanol–water partition coefficient (Wildman–Crippen LogP) is 4.44. The molecule has 3 rings (SSSR count). The Bertz CT molecular complexity index is 657. The van der Waals surface area contributed by atoms with Crippen LogP contribution < -0.4 is 4.74 Å². The Labute approximate surface area is 140 Å². The van der Waals surface area contributed by atoms with Crippen molar-refractivity contribution in [3.63, 3.8) is 0 Å². The zero-order valence-corrected chi connectivity index (χ0v) is 14.4. The van der Waals surface area contributed by atoms with Crippen LogP contribution in [0.1, 0.15) is 17.5 Å². The largest absolute Gasteiger partial charge is 0.425 e. The van der Waals surface area contributed by atoms with Gasteiger partial charge in [0.15, 0.2) is 0 Å². The fourth-order valence-corrected chi connectivity index (χ4v) is 3.61. The van der Waals surface area contributed by atoms with Crippen LogP contribution in [0, 0.1) is 0 Å². The van der Waals surface area contributed by atoms with Gasteiger partial charge in [-0.05, 0) is 18.1 Å². The number of fused-ring (bicyclic) bond motifs is 1. The van der Waals surface area contributed by atoms with E-state index in [2.05, 4.69) is 31.9 Å². The molecule has 0 bridgehead atoms. The first kappa shape index (κ1) is 14.8. The number of alkyl halides is 2. The number of halogens is 2. The minimum atomic E-state index is -0.736. The molecule has 2 nitrogen and oxygen atoms in total. The molecule has 0 saturated heterocycles. The topological polar surface area (TPSA) is 26.3 Å². The highest BCUT2D eigenvalue weighted by Crippen LogP contribution is 2.48. The number of esters is 1. The number of hydrogen-bond acceptors (Lipinski definition) is 2. The molecule has 108 valence electrons. The van der Waals surface area contributed by atoms with Crippen LogP contribution in [0.2, 0.25) is 0 Å². The molecular formula is C17H14Br2O2. The van der Waals surface area contributed by atoms with E-state index in [0.717, 1.165) is 16.5 Å². The van der Waals surface area contributed by atoms with Gasteiger partial charge in [-0.2, -0.15) is 0 Å². The van der Waals surface area contributed by atoms with Crippen molar-refractivity contribution in [2.24, 2.45) is 0 Å². The smallest absolute Gasteiger partial charge is 0.326 e. The highest BCUT2D eigenvalue weighted by Gasteiger charge is 2.51. The van der Waals surface area contributed by atoms with Crippen LogP contribution >= 0.6 is 31.9 Å². The number of rotatable bonds is 4. The fourth-order valence-electron chi connectivity index (χ4n) is 2.90. The summed E-state index contributed by atoms with van der Waals surface area (Å²) >= 11 is 7.12. The molecule has 0 saturated carbocycles. The summed E-state index contributed by atoms with van der Waals surface area (Å²) < 4.78 is 5.55. The third kappa shape index (κ3) is 2.44. The maximum absolute atomic E-state index is 12.7. The van der Waals surface area contributed by atoms with Gasteiger partial charge in [-0.25, -0.2) is 0 Å². The van der Waals surface area contributed by atoms with E-state index in [9.17, 15) is 4.79 Å². The van der Waals surface area contributed by atoms with Gasteiger partial charge >= 0.3 is 5.97 Å². The van der Waals surface area contributed by atoms with Crippen molar-refractivity contribution in [2.75, 3.05) is 5.33 Å². The second-order valence-electron chi connectivity index (χ2n) is 5.11. The van der Waals surface area contributed by atoms with Gasteiger partial charge < -0.3 is 4.74 Å². The summed E-state index contributed by atoms with van der Waals surface area (Å²) in [5, 5.41) is 0.775. The molecule has 0 aromatic heterocycles. The van der Waals surface area contributed by atoms with Crippen LogP contribution in [-0.4, -0.2) is 16.1 Å². The summed E-state index contributed by atoms with van der Waals surface area (Å²) in [5.41, 5.74) is 1.19. The Balaban J connectivity index is 2.20. The zero-order valence-electron chi connectivity index (χ0n) is 11.3. The average molecular weight is 410 g/mol. The van der Waals surface area contributed by atoms with E-state index in [-0.39, 0.29) is 10.8 Å². The lowest BCUT2D eigenvalue weighted by Crippen LogP contribution is -2.37. The highest BCUT2D eigenvalue weighted by atomic mass is 79.9. The second-order valence-corrected chi connectivity index (χ2v) is 7.06. The number of hydrogen-bond donors (Lipinski definition) is 0. The van der Waals surface area contributed by atoms with Gasteiger partial charge in [0.25, 0.3) is 0 Å². The van der Waals surface area contributed by atoms with Gasteiger partial charge in [0, 0.05) is 15.7 Å². The minimum absolute atomic E-state index is 0.177. The molecule has 0 amide bonds. The Kier molecular flexibility index (Phi) is 4.18. The van der Waals surface area contributed by atoms with Crippen LogP contribution in [0.3, 0.4) is 0 Å². The van der Waals surface area contributed by atoms with Gasteiger partial charge in [-0.15, -0.1) is 0 Å². The molecular weight excluding hydrogens is 396 g/mol. The molecule has 0 N–H and O–H groups in total. The lowest BCUT2D eigenvalue weighted by Gasteiger charge is -2.28. The summed E-state index contributed by atoms with van der Waals surface area (Å²) in [5.74, 6) is 0.473. The maximum atomic E-state index is 12.7. The molecule has 4 heteroatoms. The average Bonchev–Trinajstić information content (AvgIpc) is 2.81. The monoisotopic (exact) mass is 408 g/mol. The minimum Gasteiger partial charge on any atom is -0.425 e. The molecule has 2 aromatic rings. The van der Waals surface area contributed by atoms with Gasteiger partial charge in [0.2, 0.25) is 0 Å². The third-order valence-corrected chi connectivity index (χ3v) is 6.16. The molecule has 1 heterocycles. The van der Waals surface area contributed by atoms with E-state index in [4.69, 9.17) is 4.74 Å². The Morgan fingerprint density at radius 1 is 1.05 bits per heavy atom. The lowest BCUT2D eigenvalue weighted by molar-refractivity contribution is -0.137. The second kappa shape index (κ2) is 5.93. The highest BCUT2D eigenvalue weighted by molar-refractivity contribution is 9.12. The molecule has 0 aliphatic carbocycles. The predicted molar refractivity (Wildman–Crippen MR) is 90.4 cm³/mol. The third-order valence-electron chi connectivity index (χ3n) is 3.86. The van der Waals surface area contributed by atoms with Crippen LogP contribution in [0.25, 0.3) is 0 Å². The molecule has 1 aliphatic rings. The van der Waals surface area contributed by atoms with Crippen molar-refractivity contribution in [2.45, 2.75) is 16.7 Å². The molecule has 0 fully saturated rings. The van der Waals surface area contributed by atoms with E-state index in [1.54, 1.807) is 0 Å². The number of ether oxygens (including phenoxy) is 1. The van der Waals surface area contributed by atoms with Crippen LogP contribution in [0.4, 0.5) is 0 Å². The van der Waals surface area contributed by atoms with Crippen molar-refractivity contribution in [3.05, 3.63) is 65.7 Å². The molecule has 2 aromatic carbocycles. The van der Waals surface area contributed by atoms with Crippen molar-refractivity contribution < 1.29 is 9.53 Å². The van der Waals surface area contributed by atoms with Crippen LogP contribution in [-0.2, 0) is 10.2 Å². The SMILES string of the molecule is O=C1Oc2ccccc2[C@]1(C[C@H](Br)CBr)c1ccccc1. The summed E-state index contributed by atoms with van der Waals surface area (Å²) in [6, 6.07) is 17.6. The molecule has 0 unspecified atom stereocenters. The van der Waals surface area contributed by atoms with Crippen molar-refractivity contribution in [3.8, 4) is 5.75 Å². The number of carbonyl (C=O) groups excluding carboxylic acids is 1. The van der Waals surface area contributed by atoms with Gasteiger partial charge in [0.1, 0.15) is 11.2 Å². The zero-order chi connectivity index (χ0) is 14.9. The molecule has 2 atom stereocenters. The standard InChI is InChI=1S/C17H14Br2O2/c18-11-13(19)10-17(12-6-2-1-3-7-12)14-8-4-5-9-15(14)21-16(17)20/h1-9,13H,10-11H2/t13-,17-/m0/s1. The van der Waals surface area contributed by atoms with Gasteiger partial charge in [-0.3, -0.25) is 4.79 Å². The molecule has 0 radical (unpaired) electrons. The molecule has 21 heavy (non-hydrogen) atoms. The van der Waals surface area contributed by atoms with E-state index in [1.165, 1.54) is 0 Å². The Morgan fingerprint density at radius 2 is 1.71 bits per heavy atom. The van der Waals surface area contributed by atoms with E-state index in [1.807, 2.05) is 54.6 Å². The summed E-state index contributed by atoms with van der Waals surface area (Å²) in [4.78, 5) is 12.9. The molecule has 0 spiro atoms. The lowest BCUT2D eigenvalue weighted by atomic mass is 9.72. The fraction of sp³-hybridized carbons (Fsp3) is 0.235. The van der Waals surface area contributed by atoms with Crippen molar-refractivity contribution in [1.29, 1.82) is 0 Å². The summed E-state index contributed by atoms with van der Waals surface area (Å²) in [6.07, 6.45) is 0.651. The summed E-state index contributed by atoms with van der Waals surface area (Å²) in [6.45, 7) is 0. The quantitative estimate of drug-likeness (QED) is 0.424. The van der Waals surface area contributed by atoms with Crippen molar-refractivity contribution >= 4 is 37.8 Å². The first-order chi connectivity index (χ1) is 10.2. The van der Waals surface area contributed by atoms with Gasteiger partial charge in [-0.1, -0.05) is 80.4 Å².